The van der Waals surface area contributed by atoms with Crippen molar-refractivity contribution in [2.75, 3.05) is 13.2 Å². The fraction of sp³-hybridized carbons (Fsp3) is 0.827. The van der Waals surface area contributed by atoms with Crippen LogP contribution in [0.1, 0.15) is 380 Å². The first kappa shape index (κ1) is 78.1. The van der Waals surface area contributed by atoms with Gasteiger partial charge >= 0.3 is 17.9 Å². The molecular weight excluding hydrogens is 997 g/mol. The standard InChI is InChI=1S/C75H136O6/c1-4-7-10-13-16-19-22-25-28-30-31-32-33-34-35-36-37-38-39-40-41-42-43-45-47-50-53-56-59-62-65-68-74(77)80-71-72(70-79-73(76)67-64-61-58-55-52-49-46-27-24-21-18-15-12-9-6-3)81-75(78)69-66-63-60-57-54-51-48-44-29-26-23-20-17-14-11-8-5-2/h7,10,16,19,25,28,31-32,34-35,72H,4-6,8-9,11-15,17-18,20-24,26-27,29-30,33,36-71H2,1-3H3/b10-7-,19-16-,28-25-,32-31-,35-34-. The predicted octanol–water partition coefficient (Wildman–Crippen LogP) is 24.7. The quantitative estimate of drug-likeness (QED) is 0.0261. The Kier molecular flexibility index (Phi) is 67.1. The molecule has 0 amide bonds. The lowest BCUT2D eigenvalue weighted by molar-refractivity contribution is -0.167. The van der Waals surface area contributed by atoms with Crippen LogP contribution in [0.25, 0.3) is 0 Å². The molecule has 0 heterocycles. The van der Waals surface area contributed by atoms with Crippen molar-refractivity contribution in [2.45, 2.75) is 386 Å². The first-order valence-corrected chi connectivity index (χ1v) is 35.8. The Morgan fingerprint density at radius 1 is 0.259 bits per heavy atom. The lowest BCUT2D eigenvalue weighted by Crippen LogP contribution is -2.30. The van der Waals surface area contributed by atoms with E-state index in [-0.39, 0.29) is 31.1 Å². The monoisotopic (exact) mass is 1130 g/mol. The van der Waals surface area contributed by atoms with E-state index in [4.69, 9.17) is 14.2 Å². The number of carbonyl (C=O) groups is 3. The molecular formula is C75H136O6. The van der Waals surface area contributed by atoms with Crippen molar-refractivity contribution in [3.8, 4) is 0 Å². The summed E-state index contributed by atoms with van der Waals surface area (Å²) in [6, 6.07) is 0. The van der Waals surface area contributed by atoms with Crippen LogP contribution in [-0.2, 0) is 28.6 Å². The topological polar surface area (TPSA) is 78.9 Å². The Labute approximate surface area is 504 Å². The van der Waals surface area contributed by atoms with E-state index in [9.17, 15) is 14.4 Å². The molecule has 81 heavy (non-hydrogen) atoms. The average Bonchev–Trinajstić information content (AvgIpc) is 3.47. The van der Waals surface area contributed by atoms with Crippen LogP contribution in [0.15, 0.2) is 60.8 Å². The van der Waals surface area contributed by atoms with Crippen molar-refractivity contribution in [3.05, 3.63) is 60.8 Å². The van der Waals surface area contributed by atoms with Crippen molar-refractivity contribution >= 4 is 17.9 Å². The lowest BCUT2D eigenvalue weighted by Gasteiger charge is -2.18. The van der Waals surface area contributed by atoms with Gasteiger partial charge in [0.05, 0.1) is 0 Å². The third-order valence-corrected chi connectivity index (χ3v) is 16.0. The molecule has 6 heteroatoms. The highest BCUT2D eigenvalue weighted by Crippen LogP contribution is 2.18. The van der Waals surface area contributed by atoms with Crippen molar-refractivity contribution in [3.63, 3.8) is 0 Å². The van der Waals surface area contributed by atoms with E-state index >= 15 is 0 Å². The second-order valence-electron chi connectivity index (χ2n) is 24.1. The summed E-state index contributed by atoms with van der Waals surface area (Å²) in [4.78, 5) is 38.4. The van der Waals surface area contributed by atoms with Crippen LogP contribution in [0.3, 0.4) is 0 Å². The van der Waals surface area contributed by atoms with Crippen molar-refractivity contribution in [2.24, 2.45) is 0 Å². The van der Waals surface area contributed by atoms with Gasteiger partial charge in [0.1, 0.15) is 13.2 Å². The molecule has 0 spiro atoms. The van der Waals surface area contributed by atoms with E-state index in [1.54, 1.807) is 0 Å². The maximum absolute atomic E-state index is 12.9. The molecule has 1 unspecified atom stereocenters. The van der Waals surface area contributed by atoms with E-state index in [1.807, 2.05) is 0 Å². The molecule has 0 saturated carbocycles. The van der Waals surface area contributed by atoms with Crippen LogP contribution in [0.2, 0.25) is 0 Å². The fourth-order valence-electron chi connectivity index (χ4n) is 10.7. The number of esters is 3. The zero-order valence-electron chi connectivity index (χ0n) is 54.3. The summed E-state index contributed by atoms with van der Waals surface area (Å²) < 4.78 is 17.0. The summed E-state index contributed by atoms with van der Waals surface area (Å²) in [6.45, 7) is 6.60. The van der Waals surface area contributed by atoms with Gasteiger partial charge in [0.2, 0.25) is 0 Å². The average molecular weight is 1130 g/mol. The minimum absolute atomic E-state index is 0.0664. The molecule has 472 valence electrons. The Morgan fingerprint density at radius 3 is 0.753 bits per heavy atom. The van der Waals surface area contributed by atoms with Crippen LogP contribution < -0.4 is 0 Å². The first-order valence-electron chi connectivity index (χ1n) is 35.8. The lowest BCUT2D eigenvalue weighted by atomic mass is 10.0. The van der Waals surface area contributed by atoms with Gasteiger partial charge in [-0.25, -0.2) is 0 Å². The molecule has 0 saturated heterocycles. The number of rotatable bonds is 66. The number of ether oxygens (including phenoxy) is 3. The minimum Gasteiger partial charge on any atom is -0.462 e. The van der Waals surface area contributed by atoms with Gasteiger partial charge in [-0.3, -0.25) is 14.4 Å². The maximum atomic E-state index is 12.9. The van der Waals surface area contributed by atoms with Crippen LogP contribution in [0.5, 0.6) is 0 Å². The van der Waals surface area contributed by atoms with Gasteiger partial charge in [0.25, 0.3) is 0 Å². The number of hydrogen-bond donors (Lipinski definition) is 0. The third kappa shape index (κ3) is 67.8. The summed E-state index contributed by atoms with van der Waals surface area (Å²) in [5.41, 5.74) is 0. The van der Waals surface area contributed by atoms with Crippen molar-refractivity contribution in [1.82, 2.24) is 0 Å². The second-order valence-corrected chi connectivity index (χ2v) is 24.1. The zero-order chi connectivity index (χ0) is 58.5. The highest BCUT2D eigenvalue weighted by molar-refractivity contribution is 5.71. The maximum Gasteiger partial charge on any atom is 0.306 e. The Balaban J connectivity index is 4.20. The number of hydrogen-bond acceptors (Lipinski definition) is 6. The first-order chi connectivity index (χ1) is 40.0. The molecule has 0 aromatic heterocycles. The Morgan fingerprint density at radius 2 is 0.481 bits per heavy atom. The predicted molar refractivity (Wildman–Crippen MR) is 353 cm³/mol. The molecule has 0 fully saturated rings. The largest absolute Gasteiger partial charge is 0.462 e. The molecule has 0 bridgehead atoms. The van der Waals surface area contributed by atoms with Crippen LogP contribution in [-0.4, -0.2) is 37.2 Å². The molecule has 0 aliphatic heterocycles. The smallest absolute Gasteiger partial charge is 0.306 e. The van der Waals surface area contributed by atoms with Gasteiger partial charge in [0, 0.05) is 19.3 Å². The van der Waals surface area contributed by atoms with E-state index in [2.05, 4.69) is 81.5 Å². The van der Waals surface area contributed by atoms with E-state index in [1.165, 1.54) is 250 Å². The fourth-order valence-corrected chi connectivity index (χ4v) is 10.7. The molecule has 0 aliphatic rings. The van der Waals surface area contributed by atoms with Crippen LogP contribution in [0, 0.1) is 0 Å². The number of carbonyl (C=O) groups excluding carboxylic acids is 3. The summed E-state index contributed by atoms with van der Waals surface area (Å²) in [6.07, 6.45) is 89.6. The molecule has 0 N–H and O–H groups in total. The SMILES string of the molecule is CC/C=C\C/C=C\C/C=C\C/C=C\C/C=C\CCCCCCCCCCCCCCCCCC(=O)OCC(COC(=O)CCCCCCCCCCCCCCCCC)OC(=O)CCCCCCCCCCCCCCCCCCC. The van der Waals surface area contributed by atoms with E-state index < -0.39 is 6.10 Å². The van der Waals surface area contributed by atoms with Gasteiger partial charge in [-0.05, 0) is 64.2 Å². The highest BCUT2D eigenvalue weighted by Gasteiger charge is 2.19. The van der Waals surface area contributed by atoms with Gasteiger partial charge in [-0.15, -0.1) is 0 Å². The van der Waals surface area contributed by atoms with E-state index in [0.717, 1.165) is 89.9 Å². The molecule has 0 radical (unpaired) electrons. The van der Waals surface area contributed by atoms with Gasteiger partial charge in [-0.1, -0.05) is 358 Å². The summed E-state index contributed by atoms with van der Waals surface area (Å²) in [7, 11) is 0. The van der Waals surface area contributed by atoms with Crippen molar-refractivity contribution < 1.29 is 28.6 Å². The van der Waals surface area contributed by atoms with E-state index in [0.29, 0.717) is 19.3 Å². The third-order valence-electron chi connectivity index (χ3n) is 16.0. The normalized spacial score (nSPS) is 12.4. The molecule has 1 atom stereocenters. The van der Waals surface area contributed by atoms with Gasteiger partial charge < -0.3 is 14.2 Å². The minimum atomic E-state index is -0.770. The molecule has 0 rings (SSSR count). The molecule has 0 aliphatic carbocycles. The Bertz CT molecular complexity index is 1440. The van der Waals surface area contributed by atoms with Gasteiger partial charge in [-0.2, -0.15) is 0 Å². The highest BCUT2D eigenvalue weighted by atomic mass is 16.6. The summed E-state index contributed by atoms with van der Waals surface area (Å²) in [5.74, 6) is -0.837. The molecule has 0 aromatic rings. The Hall–Kier alpha value is -2.89. The van der Waals surface area contributed by atoms with Gasteiger partial charge in [0.15, 0.2) is 6.10 Å². The van der Waals surface area contributed by atoms with Crippen LogP contribution in [0.4, 0.5) is 0 Å². The number of unbranched alkanes of at least 4 members (excludes halogenated alkanes) is 45. The zero-order valence-corrected chi connectivity index (χ0v) is 54.3. The summed E-state index contributed by atoms with van der Waals surface area (Å²) in [5, 5.41) is 0. The molecule has 0 aromatic carbocycles. The van der Waals surface area contributed by atoms with Crippen molar-refractivity contribution in [1.29, 1.82) is 0 Å². The number of allylic oxidation sites excluding steroid dienone is 10. The second kappa shape index (κ2) is 69.6. The van der Waals surface area contributed by atoms with Crippen LogP contribution >= 0.6 is 0 Å². The molecule has 6 nitrogen and oxygen atoms in total. The summed E-state index contributed by atoms with van der Waals surface area (Å²) >= 11 is 0.